The number of anilines is 1. The molecule has 0 aromatic carbocycles. The van der Waals surface area contributed by atoms with Crippen molar-refractivity contribution in [2.75, 3.05) is 11.9 Å². The Bertz CT molecular complexity index is 582. The molecule has 2 heterocycles. The summed E-state index contributed by atoms with van der Waals surface area (Å²) in [7, 11) is 4.02. The molecule has 108 valence electrons. The second-order valence-electron chi connectivity index (χ2n) is 5.00. The molecule has 0 spiro atoms. The van der Waals surface area contributed by atoms with E-state index in [1.807, 2.05) is 39.0 Å². The molecule has 0 radical (unpaired) electrons. The Kier molecular flexibility index (Phi) is 4.65. The SMILES string of the molecule is CC(C)Oc1cncc(N(C)Cc2cc(Br)cn2C)n1. The van der Waals surface area contributed by atoms with Crippen LogP contribution in [0.2, 0.25) is 0 Å². The number of hydrogen-bond donors (Lipinski definition) is 0. The van der Waals surface area contributed by atoms with Gasteiger partial charge in [0.2, 0.25) is 5.88 Å². The van der Waals surface area contributed by atoms with Crippen molar-refractivity contribution in [3.05, 3.63) is 34.8 Å². The molecule has 0 fully saturated rings. The molecule has 0 aliphatic rings. The number of hydrogen-bond acceptors (Lipinski definition) is 4. The number of ether oxygens (including phenoxy) is 1. The lowest BCUT2D eigenvalue weighted by Gasteiger charge is -2.19. The van der Waals surface area contributed by atoms with Crippen LogP contribution in [-0.2, 0) is 13.6 Å². The monoisotopic (exact) mass is 338 g/mol. The summed E-state index contributed by atoms with van der Waals surface area (Å²) in [5.41, 5.74) is 1.19. The Labute approximate surface area is 127 Å². The van der Waals surface area contributed by atoms with Crippen molar-refractivity contribution in [1.82, 2.24) is 14.5 Å². The minimum atomic E-state index is 0.0914. The standard InChI is InChI=1S/C14H19BrN4O/c1-10(2)20-14-7-16-6-13(17-14)19(4)9-12-5-11(15)8-18(12)3/h5-8,10H,9H2,1-4H3. The molecule has 2 aromatic heterocycles. The lowest BCUT2D eigenvalue weighted by atomic mass is 10.4. The summed E-state index contributed by atoms with van der Waals surface area (Å²) in [6.07, 6.45) is 5.50. The maximum atomic E-state index is 5.57. The first-order chi connectivity index (χ1) is 9.45. The lowest BCUT2D eigenvalue weighted by molar-refractivity contribution is 0.231. The van der Waals surface area contributed by atoms with E-state index in [1.54, 1.807) is 12.4 Å². The summed E-state index contributed by atoms with van der Waals surface area (Å²) in [6.45, 7) is 4.70. The maximum absolute atomic E-state index is 5.57. The third-order valence-electron chi connectivity index (χ3n) is 2.82. The molecule has 0 aliphatic heterocycles. The highest BCUT2D eigenvalue weighted by Gasteiger charge is 2.09. The lowest BCUT2D eigenvalue weighted by Crippen LogP contribution is -2.20. The van der Waals surface area contributed by atoms with Gasteiger partial charge in [0.25, 0.3) is 0 Å². The highest BCUT2D eigenvalue weighted by Crippen LogP contribution is 2.19. The van der Waals surface area contributed by atoms with Gasteiger partial charge in [0.15, 0.2) is 5.82 Å². The van der Waals surface area contributed by atoms with Crippen LogP contribution in [0, 0.1) is 0 Å². The molecule has 0 aliphatic carbocycles. The van der Waals surface area contributed by atoms with Gasteiger partial charge in [-0.25, -0.2) is 0 Å². The van der Waals surface area contributed by atoms with Gasteiger partial charge in [-0.05, 0) is 35.8 Å². The van der Waals surface area contributed by atoms with Crippen molar-refractivity contribution in [3.8, 4) is 5.88 Å². The average molecular weight is 339 g/mol. The minimum Gasteiger partial charge on any atom is -0.474 e. The van der Waals surface area contributed by atoms with Crippen LogP contribution < -0.4 is 9.64 Å². The van der Waals surface area contributed by atoms with E-state index in [4.69, 9.17) is 4.74 Å². The summed E-state index contributed by atoms with van der Waals surface area (Å²) in [5, 5.41) is 0. The van der Waals surface area contributed by atoms with Gasteiger partial charge in [0, 0.05) is 30.5 Å². The zero-order chi connectivity index (χ0) is 14.7. The van der Waals surface area contributed by atoms with Crippen molar-refractivity contribution in [3.63, 3.8) is 0 Å². The third-order valence-corrected chi connectivity index (χ3v) is 3.25. The minimum absolute atomic E-state index is 0.0914. The van der Waals surface area contributed by atoms with Crippen LogP contribution in [-0.4, -0.2) is 27.7 Å². The van der Waals surface area contributed by atoms with Crippen LogP contribution in [0.5, 0.6) is 5.88 Å². The van der Waals surface area contributed by atoms with Crippen molar-refractivity contribution in [2.24, 2.45) is 7.05 Å². The summed E-state index contributed by atoms with van der Waals surface area (Å²) < 4.78 is 8.73. The predicted octanol–water partition coefficient (Wildman–Crippen LogP) is 3.00. The second-order valence-corrected chi connectivity index (χ2v) is 5.91. The van der Waals surface area contributed by atoms with Crippen LogP contribution in [0.15, 0.2) is 29.1 Å². The summed E-state index contributed by atoms with van der Waals surface area (Å²) in [4.78, 5) is 10.7. The zero-order valence-corrected chi connectivity index (χ0v) is 13.8. The molecule has 0 amide bonds. The van der Waals surface area contributed by atoms with E-state index in [9.17, 15) is 0 Å². The van der Waals surface area contributed by atoms with Gasteiger partial charge in [-0.3, -0.25) is 4.98 Å². The smallest absolute Gasteiger partial charge is 0.234 e. The van der Waals surface area contributed by atoms with E-state index in [0.29, 0.717) is 5.88 Å². The fourth-order valence-corrected chi connectivity index (χ4v) is 2.44. The fraction of sp³-hybridized carbons (Fsp3) is 0.429. The molecule has 2 aromatic rings. The van der Waals surface area contributed by atoms with Gasteiger partial charge in [-0.1, -0.05) is 0 Å². The Balaban J connectivity index is 2.12. The molecule has 5 nitrogen and oxygen atoms in total. The van der Waals surface area contributed by atoms with Crippen molar-refractivity contribution in [1.29, 1.82) is 0 Å². The average Bonchev–Trinajstić information content (AvgIpc) is 2.67. The molecule has 0 saturated heterocycles. The summed E-state index contributed by atoms with van der Waals surface area (Å²) >= 11 is 3.48. The first-order valence-electron chi connectivity index (χ1n) is 6.46. The summed E-state index contributed by atoms with van der Waals surface area (Å²) in [5.74, 6) is 1.35. The third kappa shape index (κ3) is 3.72. The first kappa shape index (κ1) is 14.8. The van der Waals surface area contributed by atoms with E-state index in [2.05, 4.69) is 36.5 Å². The fourth-order valence-electron chi connectivity index (χ4n) is 1.87. The van der Waals surface area contributed by atoms with Gasteiger partial charge in [-0.15, -0.1) is 0 Å². The van der Waals surface area contributed by atoms with Gasteiger partial charge >= 0.3 is 0 Å². The Morgan fingerprint density at radius 3 is 2.75 bits per heavy atom. The summed E-state index contributed by atoms with van der Waals surface area (Å²) in [6, 6.07) is 2.10. The van der Waals surface area contributed by atoms with Crippen molar-refractivity contribution < 1.29 is 4.74 Å². The van der Waals surface area contributed by atoms with Crippen LogP contribution in [0.3, 0.4) is 0 Å². The van der Waals surface area contributed by atoms with E-state index in [-0.39, 0.29) is 6.10 Å². The number of rotatable bonds is 5. The molecule has 0 unspecified atom stereocenters. The van der Waals surface area contributed by atoms with Gasteiger partial charge in [0.1, 0.15) is 0 Å². The van der Waals surface area contributed by atoms with Crippen LogP contribution in [0.1, 0.15) is 19.5 Å². The Morgan fingerprint density at radius 2 is 2.15 bits per heavy atom. The highest BCUT2D eigenvalue weighted by molar-refractivity contribution is 9.10. The van der Waals surface area contributed by atoms with E-state index >= 15 is 0 Å². The molecule has 6 heteroatoms. The van der Waals surface area contributed by atoms with Crippen molar-refractivity contribution in [2.45, 2.75) is 26.5 Å². The number of halogens is 1. The zero-order valence-electron chi connectivity index (χ0n) is 12.2. The quantitative estimate of drug-likeness (QED) is 0.840. The second kappa shape index (κ2) is 6.26. The van der Waals surface area contributed by atoms with Gasteiger partial charge < -0.3 is 14.2 Å². The molecule has 0 saturated carbocycles. The van der Waals surface area contributed by atoms with Crippen LogP contribution >= 0.6 is 15.9 Å². The number of aromatic nitrogens is 3. The van der Waals surface area contributed by atoms with Crippen LogP contribution in [0.4, 0.5) is 5.82 Å². The van der Waals surface area contributed by atoms with Crippen molar-refractivity contribution >= 4 is 21.7 Å². The van der Waals surface area contributed by atoms with E-state index < -0.39 is 0 Å². The normalized spacial score (nSPS) is 10.9. The Hall–Kier alpha value is -1.56. The number of aryl methyl sites for hydroxylation is 1. The number of nitrogens with zero attached hydrogens (tertiary/aromatic N) is 4. The van der Waals surface area contributed by atoms with Gasteiger partial charge in [-0.2, -0.15) is 4.98 Å². The highest BCUT2D eigenvalue weighted by atomic mass is 79.9. The Morgan fingerprint density at radius 1 is 1.40 bits per heavy atom. The molecule has 0 bridgehead atoms. The first-order valence-corrected chi connectivity index (χ1v) is 7.25. The maximum Gasteiger partial charge on any atom is 0.234 e. The predicted molar refractivity (Wildman–Crippen MR) is 83.0 cm³/mol. The van der Waals surface area contributed by atoms with E-state index in [0.717, 1.165) is 16.8 Å². The molecule has 0 atom stereocenters. The topological polar surface area (TPSA) is 43.2 Å². The molecular formula is C14H19BrN4O. The molecule has 20 heavy (non-hydrogen) atoms. The molecular weight excluding hydrogens is 320 g/mol. The van der Waals surface area contributed by atoms with Crippen LogP contribution in [0.25, 0.3) is 0 Å². The van der Waals surface area contributed by atoms with Gasteiger partial charge in [0.05, 0.1) is 25.0 Å². The van der Waals surface area contributed by atoms with E-state index in [1.165, 1.54) is 5.69 Å². The molecule has 0 N–H and O–H groups in total. The molecule has 2 rings (SSSR count). The largest absolute Gasteiger partial charge is 0.474 e.